The Balaban J connectivity index is 2.32. The van der Waals surface area contributed by atoms with Gasteiger partial charge in [-0.2, -0.15) is 0 Å². The van der Waals surface area contributed by atoms with Crippen LogP contribution in [0.4, 0.5) is 0 Å². The van der Waals surface area contributed by atoms with Crippen LogP contribution in [0.25, 0.3) is 0 Å². The molecule has 1 rings (SSSR count). The number of hydrogen-bond acceptors (Lipinski definition) is 4. The van der Waals surface area contributed by atoms with Crippen LogP contribution in [-0.4, -0.2) is 43.0 Å². The Kier molecular flexibility index (Phi) is 4.29. The van der Waals surface area contributed by atoms with Crippen LogP contribution >= 0.6 is 0 Å². The molecule has 0 aliphatic carbocycles. The second kappa shape index (κ2) is 5.30. The van der Waals surface area contributed by atoms with E-state index in [4.69, 9.17) is 10.5 Å². The Morgan fingerprint density at radius 3 is 2.69 bits per heavy atom. The molecule has 1 atom stereocenters. The minimum Gasteiger partial charge on any atom is -0.466 e. The largest absolute Gasteiger partial charge is 0.466 e. The Hall–Kier alpha value is -1.10. The van der Waals surface area contributed by atoms with Gasteiger partial charge in [0.1, 0.15) is 0 Å². The lowest BCUT2D eigenvalue weighted by Gasteiger charge is -2.20. The maximum Gasteiger partial charge on any atom is 0.307 e. The summed E-state index contributed by atoms with van der Waals surface area (Å²) in [6.45, 7) is 6.18. The quantitative estimate of drug-likeness (QED) is 0.679. The van der Waals surface area contributed by atoms with Crippen molar-refractivity contribution in [3.8, 4) is 0 Å². The van der Waals surface area contributed by atoms with Crippen molar-refractivity contribution in [2.45, 2.75) is 26.7 Å². The lowest BCUT2D eigenvalue weighted by atomic mass is 9.89. The van der Waals surface area contributed by atoms with E-state index in [1.807, 2.05) is 6.92 Å². The van der Waals surface area contributed by atoms with E-state index in [1.165, 1.54) is 0 Å². The van der Waals surface area contributed by atoms with Crippen LogP contribution in [-0.2, 0) is 14.3 Å². The SMILES string of the molecule is CCOC(=O)CCN1CCC(C)(C(N)=O)C1. The highest BCUT2D eigenvalue weighted by Gasteiger charge is 2.38. The first-order valence-electron chi connectivity index (χ1n) is 5.66. The van der Waals surface area contributed by atoms with Crippen LogP contribution in [0.5, 0.6) is 0 Å². The first-order chi connectivity index (χ1) is 7.48. The highest BCUT2D eigenvalue weighted by molar-refractivity contribution is 5.81. The van der Waals surface area contributed by atoms with Crippen LogP contribution in [0.15, 0.2) is 0 Å². The molecule has 16 heavy (non-hydrogen) atoms. The third kappa shape index (κ3) is 3.20. The maximum absolute atomic E-state index is 11.2. The van der Waals surface area contributed by atoms with E-state index < -0.39 is 5.41 Å². The van der Waals surface area contributed by atoms with Crippen LogP contribution < -0.4 is 5.73 Å². The molecular weight excluding hydrogens is 208 g/mol. The fraction of sp³-hybridized carbons (Fsp3) is 0.818. The van der Waals surface area contributed by atoms with Crippen molar-refractivity contribution in [1.29, 1.82) is 0 Å². The summed E-state index contributed by atoms with van der Waals surface area (Å²) in [7, 11) is 0. The van der Waals surface area contributed by atoms with E-state index in [-0.39, 0.29) is 11.9 Å². The number of carbonyl (C=O) groups excluding carboxylic acids is 2. The number of amides is 1. The summed E-state index contributed by atoms with van der Waals surface area (Å²) in [5.41, 5.74) is 4.90. The summed E-state index contributed by atoms with van der Waals surface area (Å²) >= 11 is 0. The smallest absolute Gasteiger partial charge is 0.307 e. The molecule has 5 nitrogen and oxygen atoms in total. The molecular formula is C11H20N2O3. The second-order valence-electron chi connectivity index (χ2n) is 4.51. The van der Waals surface area contributed by atoms with Crippen molar-refractivity contribution in [1.82, 2.24) is 4.90 Å². The van der Waals surface area contributed by atoms with Gasteiger partial charge in [0.15, 0.2) is 0 Å². The highest BCUT2D eigenvalue weighted by Crippen LogP contribution is 2.29. The summed E-state index contributed by atoms with van der Waals surface area (Å²) in [5.74, 6) is -0.443. The summed E-state index contributed by atoms with van der Waals surface area (Å²) in [4.78, 5) is 24.5. The molecule has 1 heterocycles. The lowest BCUT2D eigenvalue weighted by molar-refractivity contribution is -0.143. The molecule has 1 aliphatic rings. The molecule has 0 spiro atoms. The second-order valence-corrected chi connectivity index (χ2v) is 4.51. The van der Waals surface area contributed by atoms with Crippen molar-refractivity contribution in [3.63, 3.8) is 0 Å². The Labute approximate surface area is 95.9 Å². The topological polar surface area (TPSA) is 72.6 Å². The number of primary amides is 1. The van der Waals surface area contributed by atoms with Gasteiger partial charge in [0.2, 0.25) is 5.91 Å². The van der Waals surface area contributed by atoms with Crippen molar-refractivity contribution in [2.75, 3.05) is 26.2 Å². The summed E-state index contributed by atoms with van der Waals surface area (Å²) < 4.78 is 4.84. The maximum atomic E-state index is 11.2. The van der Waals surface area contributed by atoms with Crippen LogP contribution in [0.2, 0.25) is 0 Å². The molecule has 2 N–H and O–H groups in total. The molecule has 1 unspecified atom stereocenters. The van der Waals surface area contributed by atoms with E-state index in [2.05, 4.69) is 4.90 Å². The van der Waals surface area contributed by atoms with E-state index in [0.29, 0.717) is 26.1 Å². The molecule has 0 aromatic heterocycles. The van der Waals surface area contributed by atoms with Crippen LogP contribution in [0, 0.1) is 5.41 Å². The normalized spacial score (nSPS) is 25.6. The van der Waals surface area contributed by atoms with Gasteiger partial charge in [0.05, 0.1) is 18.4 Å². The molecule has 1 fully saturated rings. The molecule has 1 aliphatic heterocycles. The van der Waals surface area contributed by atoms with Crippen LogP contribution in [0.3, 0.4) is 0 Å². The van der Waals surface area contributed by atoms with Crippen LogP contribution in [0.1, 0.15) is 26.7 Å². The lowest BCUT2D eigenvalue weighted by Crippen LogP contribution is -2.37. The van der Waals surface area contributed by atoms with Gasteiger partial charge in [-0.15, -0.1) is 0 Å². The number of nitrogens with zero attached hydrogens (tertiary/aromatic N) is 1. The minimum atomic E-state index is -0.436. The monoisotopic (exact) mass is 228 g/mol. The molecule has 0 radical (unpaired) electrons. The summed E-state index contributed by atoms with van der Waals surface area (Å²) in [6.07, 6.45) is 1.15. The van der Waals surface area contributed by atoms with Crippen molar-refractivity contribution < 1.29 is 14.3 Å². The predicted molar refractivity (Wildman–Crippen MR) is 59.6 cm³/mol. The molecule has 0 saturated carbocycles. The zero-order valence-electron chi connectivity index (χ0n) is 9.99. The number of ether oxygens (including phenoxy) is 1. The van der Waals surface area contributed by atoms with Gasteiger partial charge < -0.3 is 15.4 Å². The van der Waals surface area contributed by atoms with Crippen molar-refractivity contribution in [3.05, 3.63) is 0 Å². The number of hydrogen-bond donors (Lipinski definition) is 1. The third-order valence-corrected chi connectivity index (χ3v) is 3.08. The first kappa shape index (κ1) is 13.0. The fourth-order valence-electron chi connectivity index (χ4n) is 1.93. The number of carbonyl (C=O) groups is 2. The molecule has 0 bridgehead atoms. The van der Waals surface area contributed by atoms with Gasteiger partial charge in [-0.05, 0) is 26.8 Å². The average molecular weight is 228 g/mol. The predicted octanol–water partition coefficient (Wildman–Crippen LogP) is 0.137. The van der Waals surface area contributed by atoms with E-state index in [0.717, 1.165) is 13.0 Å². The Bertz CT molecular complexity index is 280. The number of likely N-dealkylation sites (tertiary alicyclic amines) is 1. The molecule has 0 aromatic carbocycles. The zero-order chi connectivity index (χ0) is 12.2. The summed E-state index contributed by atoms with van der Waals surface area (Å²) in [6, 6.07) is 0. The highest BCUT2D eigenvalue weighted by atomic mass is 16.5. The van der Waals surface area contributed by atoms with Crippen molar-refractivity contribution >= 4 is 11.9 Å². The first-order valence-corrected chi connectivity index (χ1v) is 5.66. The average Bonchev–Trinajstić information content (AvgIpc) is 2.59. The standard InChI is InChI=1S/C11H20N2O3/c1-3-16-9(14)4-6-13-7-5-11(2,8-13)10(12)15/h3-8H2,1-2H3,(H2,12,15). The van der Waals surface area contributed by atoms with Crippen molar-refractivity contribution in [2.24, 2.45) is 11.1 Å². The Morgan fingerprint density at radius 2 is 2.19 bits per heavy atom. The van der Waals surface area contributed by atoms with Gasteiger partial charge in [-0.1, -0.05) is 0 Å². The fourth-order valence-corrected chi connectivity index (χ4v) is 1.93. The molecule has 5 heteroatoms. The van der Waals surface area contributed by atoms with Gasteiger partial charge in [0.25, 0.3) is 0 Å². The number of nitrogens with two attached hydrogens (primary N) is 1. The van der Waals surface area contributed by atoms with Gasteiger partial charge in [-0.3, -0.25) is 9.59 Å². The Morgan fingerprint density at radius 1 is 1.50 bits per heavy atom. The van der Waals surface area contributed by atoms with E-state index >= 15 is 0 Å². The zero-order valence-corrected chi connectivity index (χ0v) is 9.99. The van der Waals surface area contributed by atoms with E-state index in [1.54, 1.807) is 6.92 Å². The minimum absolute atomic E-state index is 0.185. The molecule has 0 aromatic rings. The molecule has 1 amide bonds. The van der Waals surface area contributed by atoms with Gasteiger partial charge in [-0.25, -0.2) is 0 Å². The van der Waals surface area contributed by atoms with Gasteiger partial charge in [0, 0.05) is 13.1 Å². The molecule has 92 valence electrons. The van der Waals surface area contributed by atoms with Gasteiger partial charge >= 0.3 is 5.97 Å². The number of rotatable bonds is 5. The molecule has 1 saturated heterocycles. The number of esters is 1. The third-order valence-electron chi connectivity index (χ3n) is 3.08. The van der Waals surface area contributed by atoms with E-state index in [9.17, 15) is 9.59 Å². The summed E-state index contributed by atoms with van der Waals surface area (Å²) in [5, 5.41) is 0.